The summed E-state index contributed by atoms with van der Waals surface area (Å²) in [4.78, 5) is 25.5. The molecule has 1 aliphatic heterocycles. The third-order valence-electron chi connectivity index (χ3n) is 3.10. The number of aryl methyl sites for hydroxylation is 1. The molecule has 0 bridgehead atoms. The predicted octanol–water partition coefficient (Wildman–Crippen LogP) is 0.0882. The van der Waals surface area contributed by atoms with Gasteiger partial charge in [0.05, 0.1) is 19.8 Å². The third-order valence-corrected chi connectivity index (χ3v) is 3.10. The second kappa shape index (κ2) is 7.02. The molecule has 0 aromatic heterocycles. The average molecular weight is 277 g/mol. The fourth-order valence-corrected chi connectivity index (χ4v) is 1.91. The second-order valence-electron chi connectivity index (χ2n) is 4.76. The first-order valence-electron chi connectivity index (χ1n) is 6.61. The van der Waals surface area contributed by atoms with Gasteiger partial charge in [-0.25, -0.2) is 0 Å². The Morgan fingerprint density at radius 1 is 1.15 bits per heavy atom. The summed E-state index contributed by atoms with van der Waals surface area (Å²) in [6, 6.07) is 7.15. The Kier molecular flexibility index (Phi) is 5.09. The van der Waals surface area contributed by atoms with E-state index in [9.17, 15) is 9.59 Å². The number of hydrogen-bond acceptors (Lipinski definition) is 4. The Morgan fingerprint density at radius 2 is 1.80 bits per heavy atom. The lowest BCUT2D eigenvalue weighted by molar-refractivity contribution is -0.124. The molecule has 2 amide bonds. The molecular weight excluding hydrogens is 258 g/mol. The monoisotopic (exact) mass is 277 g/mol. The molecule has 0 aliphatic carbocycles. The second-order valence-corrected chi connectivity index (χ2v) is 4.76. The molecule has 1 heterocycles. The fourth-order valence-electron chi connectivity index (χ4n) is 1.91. The molecule has 6 nitrogen and oxygen atoms in total. The van der Waals surface area contributed by atoms with Crippen molar-refractivity contribution in [3.8, 4) is 0 Å². The van der Waals surface area contributed by atoms with Crippen molar-refractivity contribution >= 4 is 11.8 Å². The molecular formula is C14H19N3O3. The van der Waals surface area contributed by atoms with Crippen LogP contribution in [0.3, 0.4) is 0 Å². The number of nitrogens with one attached hydrogen (secondary N) is 2. The predicted molar refractivity (Wildman–Crippen MR) is 74.0 cm³/mol. The van der Waals surface area contributed by atoms with Crippen LogP contribution in [0.25, 0.3) is 0 Å². The van der Waals surface area contributed by atoms with Gasteiger partial charge in [-0.3, -0.25) is 25.3 Å². The summed E-state index contributed by atoms with van der Waals surface area (Å²) in [5.74, 6) is -0.548. The van der Waals surface area contributed by atoms with Crippen LogP contribution < -0.4 is 10.9 Å². The quantitative estimate of drug-likeness (QED) is 0.768. The lowest BCUT2D eigenvalue weighted by Crippen LogP contribution is -2.48. The van der Waals surface area contributed by atoms with Crippen molar-refractivity contribution in [1.29, 1.82) is 0 Å². The zero-order valence-electron chi connectivity index (χ0n) is 11.5. The maximum atomic E-state index is 11.8. The Balaban J connectivity index is 1.75. The molecule has 6 heteroatoms. The minimum absolute atomic E-state index is 0.229. The van der Waals surface area contributed by atoms with Crippen molar-refractivity contribution < 1.29 is 14.3 Å². The number of carbonyl (C=O) groups is 2. The molecule has 1 saturated heterocycles. The minimum atomic E-state index is -0.319. The van der Waals surface area contributed by atoms with E-state index in [0.717, 1.165) is 18.7 Å². The van der Waals surface area contributed by atoms with E-state index in [-0.39, 0.29) is 18.4 Å². The van der Waals surface area contributed by atoms with Gasteiger partial charge in [-0.2, -0.15) is 0 Å². The summed E-state index contributed by atoms with van der Waals surface area (Å²) in [7, 11) is 0. The Hall–Kier alpha value is -1.92. The highest BCUT2D eigenvalue weighted by Crippen LogP contribution is 2.02. The van der Waals surface area contributed by atoms with Crippen molar-refractivity contribution in [2.45, 2.75) is 6.92 Å². The summed E-state index contributed by atoms with van der Waals surface area (Å²) >= 11 is 0. The van der Waals surface area contributed by atoms with Crippen LogP contribution >= 0.6 is 0 Å². The van der Waals surface area contributed by atoms with Gasteiger partial charge in [0.1, 0.15) is 0 Å². The molecule has 1 aromatic carbocycles. The maximum absolute atomic E-state index is 11.8. The summed E-state index contributed by atoms with van der Waals surface area (Å²) in [6.45, 7) is 4.97. The number of rotatable bonds is 3. The van der Waals surface area contributed by atoms with Crippen LogP contribution in [0.4, 0.5) is 0 Å². The van der Waals surface area contributed by atoms with Crippen LogP contribution in [0, 0.1) is 6.92 Å². The van der Waals surface area contributed by atoms with Crippen molar-refractivity contribution in [2.75, 3.05) is 32.8 Å². The van der Waals surface area contributed by atoms with Crippen molar-refractivity contribution in [2.24, 2.45) is 0 Å². The molecule has 2 rings (SSSR count). The molecule has 1 fully saturated rings. The summed E-state index contributed by atoms with van der Waals surface area (Å²) in [5.41, 5.74) is 6.43. The van der Waals surface area contributed by atoms with Gasteiger partial charge >= 0.3 is 0 Å². The zero-order valence-corrected chi connectivity index (χ0v) is 11.5. The molecule has 1 aromatic rings. The summed E-state index contributed by atoms with van der Waals surface area (Å²) < 4.78 is 5.20. The van der Waals surface area contributed by atoms with Gasteiger partial charge in [-0.05, 0) is 19.1 Å². The van der Waals surface area contributed by atoms with Gasteiger partial charge in [-0.1, -0.05) is 17.7 Å². The van der Waals surface area contributed by atoms with Crippen LogP contribution in [-0.4, -0.2) is 49.6 Å². The molecule has 0 atom stereocenters. The average Bonchev–Trinajstić information content (AvgIpc) is 2.46. The SMILES string of the molecule is Cc1ccc(C(=O)NNC(=O)CN2CCOCC2)cc1. The van der Waals surface area contributed by atoms with E-state index in [2.05, 4.69) is 10.9 Å². The van der Waals surface area contributed by atoms with E-state index in [0.29, 0.717) is 18.8 Å². The largest absolute Gasteiger partial charge is 0.379 e. The molecule has 108 valence electrons. The Labute approximate surface area is 118 Å². The normalized spacial score (nSPS) is 15.7. The molecule has 0 unspecified atom stereocenters. The van der Waals surface area contributed by atoms with Crippen molar-refractivity contribution in [3.05, 3.63) is 35.4 Å². The number of hydrogen-bond donors (Lipinski definition) is 2. The first kappa shape index (κ1) is 14.5. The highest BCUT2D eigenvalue weighted by atomic mass is 16.5. The number of carbonyl (C=O) groups excluding carboxylic acids is 2. The highest BCUT2D eigenvalue weighted by Gasteiger charge is 2.14. The van der Waals surface area contributed by atoms with Crippen LogP contribution in [0.1, 0.15) is 15.9 Å². The number of morpholine rings is 1. The van der Waals surface area contributed by atoms with Crippen LogP contribution in [0.15, 0.2) is 24.3 Å². The van der Waals surface area contributed by atoms with Gasteiger partial charge in [0.25, 0.3) is 11.8 Å². The molecule has 2 N–H and O–H groups in total. The van der Waals surface area contributed by atoms with Crippen molar-refractivity contribution in [3.63, 3.8) is 0 Å². The number of benzene rings is 1. The smallest absolute Gasteiger partial charge is 0.269 e. The van der Waals surface area contributed by atoms with Crippen LogP contribution in [-0.2, 0) is 9.53 Å². The molecule has 20 heavy (non-hydrogen) atoms. The number of amides is 2. The first-order chi connectivity index (χ1) is 9.65. The number of hydrazine groups is 1. The molecule has 0 saturated carbocycles. The van der Waals surface area contributed by atoms with Crippen LogP contribution in [0.5, 0.6) is 0 Å². The topological polar surface area (TPSA) is 70.7 Å². The Bertz CT molecular complexity index is 467. The first-order valence-corrected chi connectivity index (χ1v) is 6.61. The lowest BCUT2D eigenvalue weighted by atomic mass is 10.1. The van der Waals surface area contributed by atoms with E-state index >= 15 is 0 Å². The van der Waals surface area contributed by atoms with Gasteiger partial charge in [-0.15, -0.1) is 0 Å². The standard InChI is InChI=1S/C14H19N3O3/c1-11-2-4-12(5-3-11)14(19)16-15-13(18)10-17-6-8-20-9-7-17/h2-5H,6-10H2,1H3,(H,15,18)(H,16,19). The lowest BCUT2D eigenvalue weighted by Gasteiger charge is -2.25. The number of ether oxygens (including phenoxy) is 1. The fraction of sp³-hybridized carbons (Fsp3) is 0.429. The van der Waals surface area contributed by atoms with Gasteiger partial charge in [0, 0.05) is 18.7 Å². The van der Waals surface area contributed by atoms with E-state index in [1.54, 1.807) is 12.1 Å². The minimum Gasteiger partial charge on any atom is -0.379 e. The summed E-state index contributed by atoms with van der Waals surface area (Å²) in [5, 5.41) is 0. The van der Waals surface area contributed by atoms with Crippen LogP contribution in [0.2, 0.25) is 0 Å². The molecule has 0 spiro atoms. The third kappa shape index (κ3) is 4.32. The Morgan fingerprint density at radius 3 is 2.45 bits per heavy atom. The van der Waals surface area contributed by atoms with Crippen molar-refractivity contribution in [1.82, 2.24) is 15.8 Å². The highest BCUT2D eigenvalue weighted by molar-refractivity contribution is 5.95. The number of nitrogens with zero attached hydrogens (tertiary/aromatic N) is 1. The van der Waals surface area contributed by atoms with Gasteiger partial charge in [0.2, 0.25) is 0 Å². The zero-order chi connectivity index (χ0) is 14.4. The van der Waals surface area contributed by atoms with E-state index in [1.165, 1.54) is 0 Å². The molecule has 0 radical (unpaired) electrons. The van der Waals surface area contributed by atoms with E-state index in [4.69, 9.17) is 4.74 Å². The van der Waals surface area contributed by atoms with E-state index in [1.807, 2.05) is 24.0 Å². The molecule has 1 aliphatic rings. The summed E-state index contributed by atoms with van der Waals surface area (Å²) in [6.07, 6.45) is 0. The maximum Gasteiger partial charge on any atom is 0.269 e. The van der Waals surface area contributed by atoms with Gasteiger partial charge in [0.15, 0.2) is 0 Å². The van der Waals surface area contributed by atoms with Gasteiger partial charge < -0.3 is 4.74 Å². The van der Waals surface area contributed by atoms with E-state index < -0.39 is 0 Å².